The first-order valence-corrected chi connectivity index (χ1v) is 5.55. The van der Waals surface area contributed by atoms with Crippen LogP contribution in [0.4, 0.5) is 8.78 Å². The normalized spacial score (nSPS) is 10.4. The molecule has 0 radical (unpaired) electrons. The molecule has 94 valence electrons. The van der Waals surface area contributed by atoms with Crippen LogP contribution in [0.15, 0.2) is 42.5 Å². The van der Waals surface area contributed by atoms with Crippen LogP contribution in [0, 0.1) is 11.6 Å². The molecular weight excluding hydrogens is 236 g/mol. The summed E-state index contributed by atoms with van der Waals surface area (Å²) in [6.45, 7) is 0.529. The van der Waals surface area contributed by atoms with Crippen LogP contribution in [0.5, 0.6) is 5.75 Å². The van der Waals surface area contributed by atoms with Crippen molar-refractivity contribution >= 4 is 0 Å². The minimum atomic E-state index is -0.603. The van der Waals surface area contributed by atoms with Gasteiger partial charge in [0.05, 0.1) is 0 Å². The summed E-state index contributed by atoms with van der Waals surface area (Å²) >= 11 is 0. The molecule has 0 bridgehead atoms. The number of nitrogens with two attached hydrogens (primary N) is 1. The zero-order chi connectivity index (χ0) is 13.0. The van der Waals surface area contributed by atoms with Crippen LogP contribution in [0.25, 0.3) is 0 Å². The average Bonchev–Trinajstić information content (AvgIpc) is 2.38. The fraction of sp³-hybridized carbons (Fsp3) is 0.143. The summed E-state index contributed by atoms with van der Waals surface area (Å²) in [6.07, 6.45) is 0. The first kappa shape index (κ1) is 12.5. The summed E-state index contributed by atoms with van der Waals surface area (Å²) in [7, 11) is 0. The smallest absolute Gasteiger partial charge is 0.132 e. The van der Waals surface area contributed by atoms with Crippen LogP contribution in [0.2, 0.25) is 0 Å². The highest BCUT2D eigenvalue weighted by Gasteiger charge is 2.04. The van der Waals surface area contributed by atoms with Crippen molar-refractivity contribution in [1.82, 2.24) is 0 Å². The number of benzene rings is 2. The second kappa shape index (κ2) is 5.60. The molecule has 2 aromatic carbocycles. The molecule has 4 heteroatoms. The van der Waals surface area contributed by atoms with Gasteiger partial charge in [-0.1, -0.05) is 12.1 Å². The van der Waals surface area contributed by atoms with Crippen LogP contribution in [-0.2, 0) is 13.2 Å². The lowest BCUT2D eigenvalue weighted by Gasteiger charge is -2.07. The zero-order valence-corrected chi connectivity index (χ0v) is 9.70. The molecule has 18 heavy (non-hydrogen) atoms. The molecule has 2 rings (SSSR count). The van der Waals surface area contributed by atoms with Crippen LogP contribution in [0.1, 0.15) is 11.1 Å². The second-order valence-corrected chi connectivity index (χ2v) is 3.87. The first-order chi connectivity index (χ1) is 8.69. The molecule has 0 unspecified atom stereocenters. The fourth-order valence-corrected chi connectivity index (χ4v) is 1.52. The second-order valence-electron chi connectivity index (χ2n) is 3.87. The summed E-state index contributed by atoms with van der Waals surface area (Å²) in [6, 6.07) is 10.6. The molecule has 0 aromatic heterocycles. The molecule has 0 heterocycles. The highest BCUT2D eigenvalue weighted by atomic mass is 19.1. The van der Waals surface area contributed by atoms with Gasteiger partial charge in [0, 0.05) is 18.2 Å². The summed E-state index contributed by atoms with van der Waals surface area (Å²) < 4.78 is 31.4. The van der Waals surface area contributed by atoms with Crippen LogP contribution < -0.4 is 10.5 Å². The molecule has 0 saturated carbocycles. The van der Waals surface area contributed by atoms with Crippen molar-refractivity contribution in [2.45, 2.75) is 13.2 Å². The minimum Gasteiger partial charge on any atom is -0.489 e. The predicted octanol–water partition coefficient (Wildman–Crippen LogP) is 3.00. The third kappa shape index (κ3) is 3.05. The number of rotatable bonds is 4. The minimum absolute atomic E-state index is 0.0636. The van der Waals surface area contributed by atoms with Gasteiger partial charge in [-0.25, -0.2) is 8.78 Å². The SMILES string of the molecule is NCc1ccc(OCc2ccc(F)cc2F)cc1. The molecule has 0 fully saturated rings. The first-order valence-electron chi connectivity index (χ1n) is 5.55. The summed E-state index contributed by atoms with van der Waals surface area (Å²) in [5.41, 5.74) is 6.79. The third-order valence-corrected chi connectivity index (χ3v) is 2.57. The van der Waals surface area contributed by atoms with E-state index in [4.69, 9.17) is 10.5 Å². The van der Waals surface area contributed by atoms with E-state index in [2.05, 4.69) is 0 Å². The van der Waals surface area contributed by atoms with Crippen molar-refractivity contribution in [3.8, 4) is 5.75 Å². The van der Waals surface area contributed by atoms with Crippen molar-refractivity contribution < 1.29 is 13.5 Å². The molecule has 0 aliphatic heterocycles. The van der Waals surface area contributed by atoms with E-state index in [0.717, 1.165) is 11.6 Å². The van der Waals surface area contributed by atoms with Gasteiger partial charge in [0.25, 0.3) is 0 Å². The molecule has 0 saturated heterocycles. The van der Waals surface area contributed by atoms with Gasteiger partial charge in [-0.2, -0.15) is 0 Å². The van der Waals surface area contributed by atoms with Crippen LogP contribution in [0.3, 0.4) is 0 Å². The highest BCUT2D eigenvalue weighted by Crippen LogP contribution is 2.16. The van der Waals surface area contributed by atoms with E-state index in [0.29, 0.717) is 17.9 Å². The quantitative estimate of drug-likeness (QED) is 0.904. The van der Waals surface area contributed by atoms with Crippen molar-refractivity contribution in [2.75, 3.05) is 0 Å². The van der Waals surface area contributed by atoms with Gasteiger partial charge in [0.2, 0.25) is 0 Å². The Morgan fingerprint density at radius 3 is 2.33 bits per heavy atom. The Hall–Kier alpha value is -1.94. The molecule has 0 aliphatic rings. The largest absolute Gasteiger partial charge is 0.489 e. The maximum absolute atomic E-state index is 13.3. The van der Waals surface area contributed by atoms with E-state index < -0.39 is 11.6 Å². The Kier molecular flexibility index (Phi) is 3.89. The topological polar surface area (TPSA) is 35.2 Å². The molecule has 0 aliphatic carbocycles. The maximum atomic E-state index is 13.3. The van der Waals surface area contributed by atoms with Crippen LogP contribution in [-0.4, -0.2) is 0 Å². The Bertz CT molecular complexity index is 526. The fourth-order valence-electron chi connectivity index (χ4n) is 1.52. The van der Waals surface area contributed by atoms with Gasteiger partial charge < -0.3 is 10.5 Å². The number of ether oxygens (including phenoxy) is 1. The lowest BCUT2D eigenvalue weighted by atomic mass is 10.2. The van der Waals surface area contributed by atoms with Crippen molar-refractivity contribution in [1.29, 1.82) is 0 Å². The van der Waals surface area contributed by atoms with Gasteiger partial charge >= 0.3 is 0 Å². The van der Waals surface area contributed by atoms with E-state index in [1.165, 1.54) is 12.1 Å². The Labute approximate surface area is 104 Å². The average molecular weight is 249 g/mol. The van der Waals surface area contributed by atoms with Crippen molar-refractivity contribution in [3.05, 3.63) is 65.2 Å². The number of hydrogen-bond donors (Lipinski definition) is 1. The lowest BCUT2D eigenvalue weighted by molar-refractivity contribution is 0.299. The number of halogens is 2. The molecule has 2 nitrogen and oxygen atoms in total. The van der Waals surface area contributed by atoms with Gasteiger partial charge in [-0.15, -0.1) is 0 Å². The molecule has 0 amide bonds. The standard InChI is InChI=1S/C14H13F2NO/c15-12-4-3-11(14(16)7-12)9-18-13-5-1-10(8-17)2-6-13/h1-7H,8-9,17H2. The Morgan fingerprint density at radius 2 is 1.72 bits per heavy atom. The number of hydrogen-bond acceptors (Lipinski definition) is 2. The van der Waals surface area contributed by atoms with Gasteiger partial charge in [0.15, 0.2) is 0 Å². The predicted molar refractivity (Wildman–Crippen MR) is 65.0 cm³/mol. The molecule has 2 aromatic rings. The highest BCUT2D eigenvalue weighted by molar-refractivity contribution is 5.27. The monoisotopic (exact) mass is 249 g/mol. The third-order valence-electron chi connectivity index (χ3n) is 2.57. The molecule has 2 N–H and O–H groups in total. The van der Waals surface area contributed by atoms with E-state index in [-0.39, 0.29) is 6.61 Å². The van der Waals surface area contributed by atoms with Crippen molar-refractivity contribution in [2.24, 2.45) is 5.73 Å². The summed E-state index contributed by atoms with van der Waals surface area (Å²) in [4.78, 5) is 0. The molecule has 0 spiro atoms. The summed E-state index contributed by atoms with van der Waals surface area (Å²) in [5.74, 6) is -0.576. The van der Waals surface area contributed by atoms with E-state index in [9.17, 15) is 8.78 Å². The zero-order valence-electron chi connectivity index (χ0n) is 9.70. The van der Waals surface area contributed by atoms with Crippen LogP contribution >= 0.6 is 0 Å². The maximum Gasteiger partial charge on any atom is 0.132 e. The van der Waals surface area contributed by atoms with E-state index in [1.54, 1.807) is 12.1 Å². The van der Waals surface area contributed by atoms with E-state index in [1.807, 2.05) is 12.1 Å². The van der Waals surface area contributed by atoms with Gasteiger partial charge in [-0.3, -0.25) is 0 Å². The Balaban J connectivity index is 2.02. The molecular formula is C14H13F2NO. The van der Waals surface area contributed by atoms with Gasteiger partial charge in [-0.05, 0) is 29.8 Å². The van der Waals surface area contributed by atoms with Crippen molar-refractivity contribution in [3.63, 3.8) is 0 Å². The summed E-state index contributed by atoms with van der Waals surface area (Å²) in [5, 5.41) is 0. The lowest BCUT2D eigenvalue weighted by Crippen LogP contribution is -2.00. The molecule has 0 atom stereocenters. The van der Waals surface area contributed by atoms with E-state index >= 15 is 0 Å². The Morgan fingerprint density at radius 1 is 1.00 bits per heavy atom. The van der Waals surface area contributed by atoms with Gasteiger partial charge in [0.1, 0.15) is 24.0 Å².